The Hall–Kier alpha value is -3.26. The van der Waals surface area contributed by atoms with Crippen molar-refractivity contribution in [3.05, 3.63) is 42.1 Å². The van der Waals surface area contributed by atoms with Crippen LogP contribution < -0.4 is 9.47 Å². The largest absolute Gasteiger partial charge is 0.496 e. The molecule has 1 saturated heterocycles. The van der Waals surface area contributed by atoms with Gasteiger partial charge in [0, 0.05) is 31.4 Å². The molecule has 3 aromatic rings. The summed E-state index contributed by atoms with van der Waals surface area (Å²) in [5.74, 6) is -0.431. The number of hydrogen-bond acceptors (Lipinski definition) is 5. The van der Waals surface area contributed by atoms with Crippen molar-refractivity contribution in [3.63, 3.8) is 0 Å². The van der Waals surface area contributed by atoms with Crippen molar-refractivity contribution in [2.45, 2.75) is 0 Å². The van der Waals surface area contributed by atoms with E-state index in [0.717, 1.165) is 0 Å². The molecule has 8 heteroatoms. The number of nitrogens with zero attached hydrogens (tertiary/aromatic N) is 2. The van der Waals surface area contributed by atoms with Gasteiger partial charge in [-0.1, -0.05) is 6.07 Å². The molecule has 0 radical (unpaired) electrons. The number of methoxy groups -OCH3 is 1. The van der Waals surface area contributed by atoms with Crippen molar-refractivity contribution in [2.75, 3.05) is 33.4 Å². The van der Waals surface area contributed by atoms with Gasteiger partial charge < -0.3 is 28.6 Å². The van der Waals surface area contributed by atoms with Crippen LogP contribution in [0.25, 0.3) is 16.4 Å². The number of benzene rings is 1. The summed E-state index contributed by atoms with van der Waals surface area (Å²) < 4.78 is 17.9. The normalized spacial score (nSPS) is 14.5. The standard InChI is InChI=1S/C19H18N2O6/c1-25-15-11-12(27-19(24)20-6-8-26-9-7-20)10-14-16(15)17(18(22)23)13-4-2-3-5-21(13)14/h2-5,10-11H,6-9H2,1H3,(H,22,23). The zero-order valence-corrected chi connectivity index (χ0v) is 14.7. The van der Waals surface area contributed by atoms with E-state index in [1.165, 1.54) is 13.2 Å². The van der Waals surface area contributed by atoms with Crippen LogP contribution >= 0.6 is 0 Å². The fraction of sp³-hybridized carbons (Fsp3) is 0.263. The summed E-state index contributed by atoms with van der Waals surface area (Å²) in [4.78, 5) is 25.8. The summed E-state index contributed by atoms with van der Waals surface area (Å²) in [6.45, 7) is 1.89. The molecule has 4 rings (SSSR count). The highest BCUT2D eigenvalue weighted by Crippen LogP contribution is 2.37. The van der Waals surface area contributed by atoms with E-state index in [0.29, 0.717) is 48.5 Å². The van der Waals surface area contributed by atoms with Crippen molar-refractivity contribution in [1.82, 2.24) is 9.30 Å². The first kappa shape index (κ1) is 17.2. The first-order valence-corrected chi connectivity index (χ1v) is 8.48. The van der Waals surface area contributed by atoms with E-state index in [2.05, 4.69) is 0 Å². The minimum atomic E-state index is -1.05. The van der Waals surface area contributed by atoms with E-state index in [1.807, 2.05) is 0 Å². The molecule has 27 heavy (non-hydrogen) atoms. The van der Waals surface area contributed by atoms with Crippen molar-refractivity contribution >= 4 is 28.5 Å². The third-order valence-electron chi connectivity index (χ3n) is 4.59. The second-order valence-electron chi connectivity index (χ2n) is 6.12. The van der Waals surface area contributed by atoms with Gasteiger partial charge >= 0.3 is 12.1 Å². The SMILES string of the molecule is COc1cc(OC(=O)N2CCOCC2)cc2c1c(C(=O)O)c1ccccn12. The summed E-state index contributed by atoms with van der Waals surface area (Å²) in [5, 5.41) is 10.2. The molecular weight excluding hydrogens is 352 g/mol. The van der Waals surface area contributed by atoms with E-state index in [-0.39, 0.29) is 11.3 Å². The van der Waals surface area contributed by atoms with Gasteiger partial charge in [-0.25, -0.2) is 9.59 Å². The van der Waals surface area contributed by atoms with Crippen LogP contribution in [0.3, 0.4) is 0 Å². The highest BCUT2D eigenvalue weighted by atomic mass is 16.6. The Bertz CT molecular complexity index is 1040. The summed E-state index contributed by atoms with van der Waals surface area (Å²) >= 11 is 0. The fourth-order valence-electron chi connectivity index (χ4n) is 3.35. The van der Waals surface area contributed by atoms with Gasteiger partial charge in [-0.3, -0.25) is 0 Å². The number of amides is 1. The van der Waals surface area contributed by atoms with Crippen LogP contribution in [-0.4, -0.2) is 59.9 Å². The maximum absolute atomic E-state index is 12.4. The molecule has 1 aromatic carbocycles. The Morgan fingerprint density at radius 1 is 1.15 bits per heavy atom. The van der Waals surface area contributed by atoms with Crippen LogP contribution in [-0.2, 0) is 4.74 Å². The minimum Gasteiger partial charge on any atom is -0.496 e. The van der Waals surface area contributed by atoms with Gasteiger partial charge in [-0.15, -0.1) is 0 Å². The lowest BCUT2D eigenvalue weighted by molar-refractivity contribution is 0.0416. The van der Waals surface area contributed by atoms with E-state index < -0.39 is 12.1 Å². The zero-order valence-electron chi connectivity index (χ0n) is 14.7. The monoisotopic (exact) mass is 370 g/mol. The van der Waals surface area contributed by atoms with E-state index >= 15 is 0 Å². The molecule has 1 aliphatic rings. The molecule has 1 fully saturated rings. The van der Waals surface area contributed by atoms with Gasteiger partial charge in [-0.2, -0.15) is 0 Å². The topological polar surface area (TPSA) is 89.7 Å². The molecule has 0 unspecified atom stereocenters. The molecule has 1 aliphatic heterocycles. The first-order chi connectivity index (χ1) is 13.1. The molecule has 0 saturated carbocycles. The molecule has 0 atom stereocenters. The number of morpholine rings is 1. The Balaban J connectivity index is 1.83. The average molecular weight is 370 g/mol. The third kappa shape index (κ3) is 2.93. The molecular formula is C19H18N2O6. The third-order valence-corrected chi connectivity index (χ3v) is 4.59. The van der Waals surface area contributed by atoms with Crippen molar-refractivity contribution in [1.29, 1.82) is 0 Å². The van der Waals surface area contributed by atoms with Crippen LogP contribution in [0.1, 0.15) is 10.4 Å². The summed E-state index contributed by atoms with van der Waals surface area (Å²) in [5.41, 5.74) is 1.27. The lowest BCUT2D eigenvalue weighted by Crippen LogP contribution is -2.42. The molecule has 2 aromatic heterocycles. The first-order valence-electron chi connectivity index (χ1n) is 8.48. The average Bonchev–Trinajstić information content (AvgIpc) is 3.03. The number of pyridine rings is 1. The number of hydrogen-bond donors (Lipinski definition) is 1. The number of rotatable bonds is 3. The number of aromatic nitrogens is 1. The number of aromatic carboxylic acids is 1. The molecule has 3 heterocycles. The second kappa shape index (κ2) is 6.81. The maximum Gasteiger partial charge on any atom is 0.415 e. The summed E-state index contributed by atoms with van der Waals surface area (Å²) in [6, 6.07) is 8.48. The smallest absolute Gasteiger partial charge is 0.415 e. The maximum atomic E-state index is 12.4. The highest BCUT2D eigenvalue weighted by Gasteiger charge is 2.24. The van der Waals surface area contributed by atoms with Crippen molar-refractivity contribution in [2.24, 2.45) is 0 Å². The van der Waals surface area contributed by atoms with Gasteiger partial charge in [0.25, 0.3) is 0 Å². The van der Waals surface area contributed by atoms with E-state index in [1.54, 1.807) is 39.8 Å². The molecule has 1 amide bonds. The Morgan fingerprint density at radius 2 is 1.93 bits per heavy atom. The molecule has 1 N–H and O–H groups in total. The predicted molar refractivity (Wildman–Crippen MR) is 96.8 cm³/mol. The number of carbonyl (C=O) groups is 2. The van der Waals surface area contributed by atoms with Crippen LogP contribution in [0.2, 0.25) is 0 Å². The molecule has 140 valence electrons. The minimum absolute atomic E-state index is 0.147. The van der Waals surface area contributed by atoms with E-state index in [4.69, 9.17) is 14.2 Å². The highest BCUT2D eigenvalue weighted by molar-refractivity contribution is 6.13. The van der Waals surface area contributed by atoms with Crippen molar-refractivity contribution in [3.8, 4) is 11.5 Å². The van der Waals surface area contributed by atoms with Gasteiger partial charge in [0.05, 0.1) is 42.3 Å². The van der Waals surface area contributed by atoms with Crippen LogP contribution in [0.15, 0.2) is 36.5 Å². The van der Waals surface area contributed by atoms with Crippen LogP contribution in [0, 0.1) is 0 Å². The molecule has 8 nitrogen and oxygen atoms in total. The number of carboxylic acids is 1. The summed E-state index contributed by atoms with van der Waals surface area (Å²) in [7, 11) is 1.45. The lowest BCUT2D eigenvalue weighted by atomic mass is 10.1. The summed E-state index contributed by atoms with van der Waals surface area (Å²) in [6.07, 6.45) is 1.29. The Morgan fingerprint density at radius 3 is 2.63 bits per heavy atom. The predicted octanol–water partition coefficient (Wildman–Crippen LogP) is 2.63. The molecule has 0 bridgehead atoms. The fourth-order valence-corrected chi connectivity index (χ4v) is 3.35. The number of carbonyl (C=O) groups excluding carboxylic acids is 1. The van der Waals surface area contributed by atoms with Crippen LogP contribution in [0.5, 0.6) is 11.5 Å². The van der Waals surface area contributed by atoms with E-state index in [9.17, 15) is 14.7 Å². The lowest BCUT2D eigenvalue weighted by Gasteiger charge is -2.25. The Labute approximate surface area is 154 Å². The van der Waals surface area contributed by atoms with Gasteiger partial charge in [0.2, 0.25) is 0 Å². The van der Waals surface area contributed by atoms with Gasteiger partial charge in [0.15, 0.2) is 0 Å². The second-order valence-corrected chi connectivity index (χ2v) is 6.12. The quantitative estimate of drug-likeness (QED) is 0.762. The van der Waals surface area contributed by atoms with Crippen LogP contribution in [0.4, 0.5) is 4.79 Å². The zero-order chi connectivity index (χ0) is 19.0. The molecule has 0 aliphatic carbocycles. The number of fused-ring (bicyclic) bond motifs is 3. The molecule has 0 spiro atoms. The van der Waals surface area contributed by atoms with Gasteiger partial charge in [0.1, 0.15) is 11.5 Å². The number of carboxylic acid groups (broad SMARTS) is 1. The number of ether oxygens (including phenoxy) is 3. The Kier molecular flexibility index (Phi) is 4.33. The van der Waals surface area contributed by atoms with Crippen molar-refractivity contribution < 1.29 is 28.9 Å². The van der Waals surface area contributed by atoms with Gasteiger partial charge in [-0.05, 0) is 12.1 Å².